The van der Waals surface area contributed by atoms with Gasteiger partial charge in [0.25, 0.3) is 5.91 Å². The van der Waals surface area contributed by atoms with E-state index in [0.717, 1.165) is 5.56 Å². The van der Waals surface area contributed by atoms with Gasteiger partial charge in [0.2, 0.25) is 12.7 Å². The van der Waals surface area contributed by atoms with E-state index in [4.69, 9.17) is 14.2 Å². The fourth-order valence-electron chi connectivity index (χ4n) is 2.94. The molecule has 0 fully saturated rings. The third-order valence-electron chi connectivity index (χ3n) is 4.47. The number of anilines is 1. The molecule has 9 nitrogen and oxygen atoms in total. The summed E-state index contributed by atoms with van der Waals surface area (Å²) < 4.78 is 40.8. The molecule has 2 amide bonds. The van der Waals surface area contributed by atoms with Crippen LogP contribution in [0, 0.1) is 0 Å². The molecule has 0 radical (unpaired) electrons. The van der Waals surface area contributed by atoms with Crippen molar-refractivity contribution < 1.29 is 32.2 Å². The lowest BCUT2D eigenvalue weighted by atomic mass is 10.2. The monoisotopic (exact) mass is 418 g/mol. The molecule has 2 aliphatic rings. The molecule has 2 aromatic rings. The second kappa shape index (κ2) is 7.63. The molecule has 0 spiro atoms. The molecule has 0 unspecified atom stereocenters. The Morgan fingerprint density at radius 3 is 2.69 bits per heavy atom. The van der Waals surface area contributed by atoms with Crippen LogP contribution in [0.5, 0.6) is 17.2 Å². The molecule has 2 aliphatic heterocycles. The van der Waals surface area contributed by atoms with Gasteiger partial charge < -0.3 is 24.8 Å². The summed E-state index contributed by atoms with van der Waals surface area (Å²) in [5.41, 5.74) is 1.12. The van der Waals surface area contributed by atoms with Gasteiger partial charge in [0.1, 0.15) is 5.75 Å². The highest BCUT2D eigenvalue weighted by Gasteiger charge is 2.22. The Morgan fingerprint density at radius 2 is 1.83 bits per heavy atom. The number of nitrogens with one attached hydrogen (secondary N) is 2. The Morgan fingerprint density at radius 1 is 1.03 bits per heavy atom. The molecular formula is C19H18N2O7S. The van der Waals surface area contributed by atoms with Crippen LogP contribution in [0.25, 0.3) is 0 Å². The zero-order valence-electron chi connectivity index (χ0n) is 15.3. The highest BCUT2D eigenvalue weighted by Crippen LogP contribution is 2.32. The normalized spacial score (nSPS) is 14.6. The molecule has 29 heavy (non-hydrogen) atoms. The molecule has 10 heteroatoms. The number of carbonyl (C=O) groups excluding carboxylic acids is 2. The minimum Gasteiger partial charge on any atom is -0.482 e. The summed E-state index contributed by atoms with van der Waals surface area (Å²) >= 11 is 0. The van der Waals surface area contributed by atoms with Gasteiger partial charge in [-0.2, -0.15) is 0 Å². The summed E-state index contributed by atoms with van der Waals surface area (Å²) in [6.07, 6.45) is -0.188. The Bertz CT molecular complexity index is 1080. The van der Waals surface area contributed by atoms with Gasteiger partial charge >= 0.3 is 0 Å². The Kier molecular flexibility index (Phi) is 5.01. The number of fused-ring (bicyclic) bond motifs is 2. The Hall–Kier alpha value is -3.27. The molecule has 0 aromatic heterocycles. The summed E-state index contributed by atoms with van der Waals surface area (Å²) in [6.45, 7) is 0.307. The van der Waals surface area contributed by atoms with E-state index in [1.54, 1.807) is 18.2 Å². The molecule has 0 atom stereocenters. The second-order valence-corrected chi connectivity index (χ2v) is 8.64. The fourth-order valence-corrected chi connectivity index (χ4v) is 4.20. The smallest absolute Gasteiger partial charge is 0.262 e. The maximum absolute atomic E-state index is 12.5. The van der Waals surface area contributed by atoms with E-state index in [2.05, 4.69) is 10.6 Å². The quantitative estimate of drug-likeness (QED) is 0.724. The highest BCUT2D eigenvalue weighted by molar-refractivity contribution is 7.91. The summed E-state index contributed by atoms with van der Waals surface area (Å²) in [5, 5.41) is 5.26. The number of benzene rings is 2. The number of amides is 2. The minimum absolute atomic E-state index is 0.0191. The Balaban J connectivity index is 1.33. The Labute approximate surface area is 166 Å². The number of hydrogen-bond donors (Lipinski definition) is 2. The van der Waals surface area contributed by atoms with Crippen molar-refractivity contribution in [2.45, 2.75) is 17.9 Å². The van der Waals surface area contributed by atoms with E-state index in [1.807, 2.05) is 0 Å². The van der Waals surface area contributed by atoms with Gasteiger partial charge in [-0.3, -0.25) is 9.59 Å². The lowest BCUT2D eigenvalue weighted by Gasteiger charge is -2.18. The zero-order chi connectivity index (χ0) is 20.4. The third kappa shape index (κ3) is 4.27. The van der Waals surface area contributed by atoms with Crippen LogP contribution in [-0.4, -0.2) is 39.4 Å². The summed E-state index contributed by atoms with van der Waals surface area (Å²) in [4.78, 5) is 23.5. The fraction of sp³-hybridized carbons (Fsp3) is 0.263. The lowest BCUT2D eigenvalue weighted by molar-refractivity contribution is -0.121. The topological polar surface area (TPSA) is 120 Å². The molecule has 2 N–H and O–H groups in total. The van der Waals surface area contributed by atoms with Crippen molar-refractivity contribution in [2.24, 2.45) is 0 Å². The molecule has 0 bridgehead atoms. The van der Waals surface area contributed by atoms with Crippen molar-refractivity contribution in [3.63, 3.8) is 0 Å². The number of carbonyl (C=O) groups is 2. The first kappa shape index (κ1) is 19.1. The standard InChI is InChI=1S/C19H18N2O7S/c22-18(20-9-12-1-3-16-17(7-12)28-11-27-16)5-6-29(24,25)13-2-4-15-14(8-13)21-19(23)10-26-15/h1-4,7-8H,5-6,9-11H2,(H,20,22)(H,21,23). The first-order valence-electron chi connectivity index (χ1n) is 8.85. The summed E-state index contributed by atoms with van der Waals surface area (Å²) in [7, 11) is -3.70. The van der Waals surface area contributed by atoms with E-state index in [0.29, 0.717) is 22.9 Å². The maximum atomic E-state index is 12.5. The van der Waals surface area contributed by atoms with Gasteiger partial charge in [-0.1, -0.05) is 6.07 Å². The highest BCUT2D eigenvalue weighted by atomic mass is 32.2. The first-order chi connectivity index (χ1) is 13.9. The molecule has 0 saturated carbocycles. The van der Waals surface area contributed by atoms with Crippen LogP contribution < -0.4 is 24.8 Å². The average molecular weight is 418 g/mol. The van der Waals surface area contributed by atoms with Crippen LogP contribution >= 0.6 is 0 Å². The van der Waals surface area contributed by atoms with E-state index >= 15 is 0 Å². The van der Waals surface area contributed by atoms with Crippen molar-refractivity contribution in [1.29, 1.82) is 0 Å². The van der Waals surface area contributed by atoms with Gasteiger partial charge in [0.05, 0.1) is 16.3 Å². The number of hydrogen-bond acceptors (Lipinski definition) is 7. The van der Waals surface area contributed by atoms with Crippen molar-refractivity contribution in [1.82, 2.24) is 5.32 Å². The predicted molar refractivity (Wildman–Crippen MR) is 102 cm³/mol. The molecule has 2 aromatic carbocycles. The number of rotatable bonds is 6. The van der Waals surface area contributed by atoms with E-state index in [1.165, 1.54) is 18.2 Å². The van der Waals surface area contributed by atoms with Gasteiger partial charge in [-0.25, -0.2) is 8.42 Å². The van der Waals surface area contributed by atoms with Crippen LogP contribution in [0.4, 0.5) is 5.69 Å². The average Bonchev–Trinajstić information content (AvgIpc) is 3.18. The van der Waals surface area contributed by atoms with Crippen LogP contribution in [0.3, 0.4) is 0 Å². The zero-order valence-corrected chi connectivity index (χ0v) is 16.1. The molecule has 4 rings (SSSR count). The second-order valence-electron chi connectivity index (χ2n) is 6.53. The molecule has 152 valence electrons. The summed E-state index contributed by atoms with van der Waals surface area (Å²) in [5.74, 6) is 0.578. The molecular weight excluding hydrogens is 400 g/mol. The van der Waals surface area contributed by atoms with Crippen LogP contribution in [0.1, 0.15) is 12.0 Å². The van der Waals surface area contributed by atoms with Crippen LogP contribution in [0.15, 0.2) is 41.3 Å². The van der Waals surface area contributed by atoms with Crippen molar-refractivity contribution in [3.05, 3.63) is 42.0 Å². The maximum Gasteiger partial charge on any atom is 0.262 e. The van der Waals surface area contributed by atoms with Crippen LogP contribution in [-0.2, 0) is 26.0 Å². The SMILES string of the molecule is O=C(CCS(=O)(=O)c1ccc2c(c1)NC(=O)CO2)NCc1ccc2c(c1)OCO2. The third-order valence-corrected chi connectivity index (χ3v) is 6.18. The number of sulfone groups is 1. The van der Waals surface area contributed by atoms with Gasteiger partial charge in [-0.05, 0) is 35.9 Å². The van der Waals surface area contributed by atoms with E-state index in [9.17, 15) is 18.0 Å². The molecule has 0 saturated heterocycles. The lowest BCUT2D eigenvalue weighted by Crippen LogP contribution is -2.26. The van der Waals surface area contributed by atoms with Gasteiger partial charge in [0, 0.05) is 13.0 Å². The van der Waals surface area contributed by atoms with Crippen molar-refractivity contribution in [3.8, 4) is 17.2 Å². The van der Waals surface area contributed by atoms with Crippen molar-refractivity contribution >= 4 is 27.3 Å². The summed E-state index contributed by atoms with van der Waals surface area (Å²) in [6, 6.07) is 9.55. The van der Waals surface area contributed by atoms with Crippen LogP contribution in [0.2, 0.25) is 0 Å². The van der Waals surface area contributed by atoms with E-state index in [-0.39, 0.29) is 48.8 Å². The largest absolute Gasteiger partial charge is 0.482 e. The minimum atomic E-state index is -3.70. The van der Waals surface area contributed by atoms with Crippen molar-refractivity contribution in [2.75, 3.05) is 24.5 Å². The van der Waals surface area contributed by atoms with Gasteiger partial charge in [0.15, 0.2) is 27.9 Å². The van der Waals surface area contributed by atoms with E-state index < -0.39 is 9.84 Å². The number of ether oxygens (including phenoxy) is 3. The predicted octanol–water partition coefficient (Wildman–Crippen LogP) is 1.23. The van der Waals surface area contributed by atoms with Gasteiger partial charge in [-0.15, -0.1) is 0 Å². The first-order valence-corrected chi connectivity index (χ1v) is 10.5. The molecule has 2 heterocycles. The molecule has 0 aliphatic carbocycles.